The van der Waals surface area contributed by atoms with E-state index in [1.54, 1.807) is 7.11 Å². The third-order valence-corrected chi connectivity index (χ3v) is 2.91. The number of ether oxygens (including phenoxy) is 1. The molecule has 1 aromatic carbocycles. The minimum Gasteiger partial charge on any atom is -0.382 e. The van der Waals surface area contributed by atoms with Crippen molar-refractivity contribution in [3.63, 3.8) is 0 Å². The molecule has 1 atom stereocenters. The van der Waals surface area contributed by atoms with Crippen molar-refractivity contribution in [3.8, 4) is 0 Å². The summed E-state index contributed by atoms with van der Waals surface area (Å²) in [6, 6.07) is 8.29. The summed E-state index contributed by atoms with van der Waals surface area (Å²) < 4.78 is 5.05. The number of nitrogens with two attached hydrogens (primary N) is 1. The van der Waals surface area contributed by atoms with Gasteiger partial charge in [-0.2, -0.15) is 0 Å². The highest BCUT2D eigenvalue weighted by Crippen LogP contribution is 2.23. The minimum atomic E-state index is 0.0346. The van der Waals surface area contributed by atoms with E-state index in [2.05, 4.69) is 48.6 Å². The van der Waals surface area contributed by atoms with Crippen LogP contribution in [0.5, 0.6) is 0 Å². The first kappa shape index (κ1) is 16.5. The molecule has 20 heavy (non-hydrogen) atoms. The third kappa shape index (κ3) is 5.19. The van der Waals surface area contributed by atoms with Gasteiger partial charge in [-0.25, -0.2) is 10.8 Å². The van der Waals surface area contributed by atoms with Crippen LogP contribution in [0.15, 0.2) is 29.3 Å². The molecule has 0 aromatic heterocycles. The highest BCUT2D eigenvalue weighted by molar-refractivity contribution is 5.93. The zero-order valence-corrected chi connectivity index (χ0v) is 13.0. The fourth-order valence-electron chi connectivity index (χ4n) is 1.79. The zero-order chi connectivity index (χ0) is 15.2. The topological polar surface area (TPSA) is 71.7 Å². The van der Waals surface area contributed by atoms with Crippen molar-refractivity contribution in [2.45, 2.75) is 39.2 Å². The molecule has 0 fully saturated rings. The number of hydrogen-bond donors (Lipinski definition) is 3. The van der Waals surface area contributed by atoms with Crippen LogP contribution < -0.4 is 16.6 Å². The maximum absolute atomic E-state index is 5.48. The average Bonchev–Trinajstić information content (AvgIpc) is 2.37. The lowest BCUT2D eigenvalue weighted by Crippen LogP contribution is -2.37. The van der Waals surface area contributed by atoms with Crippen LogP contribution in [0.4, 0.5) is 5.69 Å². The third-order valence-electron chi connectivity index (χ3n) is 2.91. The van der Waals surface area contributed by atoms with Crippen molar-refractivity contribution in [3.05, 3.63) is 29.8 Å². The fourth-order valence-corrected chi connectivity index (χ4v) is 1.79. The second-order valence-electron chi connectivity index (χ2n) is 5.88. The zero-order valence-electron chi connectivity index (χ0n) is 13.0. The van der Waals surface area contributed by atoms with Crippen molar-refractivity contribution in [1.29, 1.82) is 0 Å². The van der Waals surface area contributed by atoms with Gasteiger partial charge in [-0.3, -0.25) is 5.43 Å². The van der Waals surface area contributed by atoms with E-state index in [1.165, 1.54) is 5.56 Å². The Morgan fingerprint density at radius 2 is 1.90 bits per heavy atom. The Bertz CT molecular complexity index is 434. The van der Waals surface area contributed by atoms with Gasteiger partial charge in [0.05, 0.1) is 12.6 Å². The lowest BCUT2D eigenvalue weighted by atomic mass is 9.87. The fraction of sp³-hybridized carbons (Fsp3) is 0.533. The molecule has 0 saturated heterocycles. The van der Waals surface area contributed by atoms with Crippen molar-refractivity contribution in [2.75, 3.05) is 19.0 Å². The molecular formula is C15H26N4O. The van der Waals surface area contributed by atoms with Crippen LogP contribution in [0.25, 0.3) is 0 Å². The van der Waals surface area contributed by atoms with Crippen LogP contribution in [0, 0.1) is 0 Å². The largest absolute Gasteiger partial charge is 0.382 e. The van der Waals surface area contributed by atoms with Crippen LogP contribution in [-0.2, 0) is 10.2 Å². The van der Waals surface area contributed by atoms with Gasteiger partial charge in [0.15, 0.2) is 0 Å². The van der Waals surface area contributed by atoms with Gasteiger partial charge in [0.25, 0.3) is 0 Å². The summed E-state index contributed by atoms with van der Waals surface area (Å²) in [5.74, 6) is 6.01. The predicted molar refractivity (Wildman–Crippen MR) is 84.9 cm³/mol. The molecule has 0 radical (unpaired) electrons. The molecule has 0 bridgehead atoms. The maximum Gasteiger partial charge on any atom is 0.210 e. The first-order chi connectivity index (χ1) is 9.36. The van der Waals surface area contributed by atoms with Gasteiger partial charge >= 0.3 is 0 Å². The SMILES string of the molecule is COCC(C)N=C(NN)Nc1ccc(C(C)(C)C)cc1. The van der Waals surface area contributed by atoms with Gasteiger partial charge in [0.2, 0.25) is 5.96 Å². The number of hydrogen-bond acceptors (Lipinski definition) is 3. The Morgan fingerprint density at radius 1 is 1.30 bits per heavy atom. The van der Waals surface area contributed by atoms with Crippen molar-refractivity contribution in [1.82, 2.24) is 5.43 Å². The maximum atomic E-state index is 5.48. The number of methoxy groups -OCH3 is 1. The molecule has 0 aliphatic rings. The Balaban J connectivity index is 2.76. The number of anilines is 1. The van der Waals surface area contributed by atoms with E-state index < -0.39 is 0 Å². The van der Waals surface area contributed by atoms with Crippen LogP contribution in [0.1, 0.15) is 33.3 Å². The molecule has 1 unspecified atom stereocenters. The molecule has 5 nitrogen and oxygen atoms in total. The van der Waals surface area contributed by atoms with E-state index in [0.29, 0.717) is 12.6 Å². The quantitative estimate of drug-likeness (QED) is 0.342. The van der Waals surface area contributed by atoms with Crippen molar-refractivity contribution < 1.29 is 4.74 Å². The normalized spacial score (nSPS) is 14.0. The van der Waals surface area contributed by atoms with Crippen molar-refractivity contribution in [2.24, 2.45) is 10.8 Å². The van der Waals surface area contributed by atoms with E-state index in [0.717, 1.165) is 5.69 Å². The molecule has 0 spiro atoms. The number of nitrogens with one attached hydrogen (secondary N) is 2. The Labute approximate surface area is 121 Å². The van der Waals surface area contributed by atoms with E-state index in [1.807, 2.05) is 19.1 Å². The van der Waals surface area contributed by atoms with Gasteiger partial charge in [-0.05, 0) is 30.0 Å². The van der Waals surface area contributed by atoms with Gasteiger partial charge in [0, 0.05) is 12.8 Å². The summed E-state index contributed by atoms with van der Waals surface area (Å²) in [7, 11) is 1.65. The van der Waals surface area contributed by atoms with Gasteiger partial charge in [-0.1, -0.05) is 32.9 Å². The lowest BCUT2D eigenvalue weighted by Gasteiger charge is -2.19. The number of aliphatic imine (C=N–C) groups is 1. The number of benzene rings is 1. The van der Waals surface area contributed by atoms with Crippen LogP contribution >= 0.6 is 0 Å². The van der Waals surface area contributed by atoms with Crippen molar-refractivity contribution >= 4 is 11.6 Å². The molecule has 1 rings (SSSR count). The number of guanidine groups is 1. The first-order valence-electron chi connectivity index (χ1n) is 6.77. The molecule has 4 N–H and O–H groups in total. The van der Waals surface area contributed by atoms with E-state index in [-0.39, 0.29) is 11.5 Å². The molecule has 0 amide bonds. The Hall–Kier alpha value is -1.59. The van der Waals surface area contributed by atoms with Crippen LogP contribution in [-0.4, -0.2) is 25.7 Å². The summed E-state index contributed by atoms with van der Waals surface area (Å²) in [4.78, 5) is 4.40. The Kier molecular flexibility index (Phi) is 5.98. The smallest absolute Gasteiger partial charge is 0.210 e. The molecule has 0 saturated carbocycles. The number of rotatable bonds is 4. The number of hydrazine groups is 1. The summed E-state index contributed by atoms with van der Waals surface area (Å²) in [6.07, 6.45) is 0. The second-order valence-corrected chi connectivity index (χ2v) is 5.88. The summed E-state index contributed by atoms with van der Waals surface area (Å²) in [5, 5.41) is 3.15. The standard InChI is InChI=1S/C15H26N4O/c1-11(10-20-5)17-14(19-16)18-13-8-6-12(7-9-13)15(2,3)4/h6-9,11H,10,16H2,1-5H3,(H2,17,18,19). The summed E-state index contributed by atoms with van der Waals surface area (Å²) in [5.41, 5.74) is 4.95. The van der Waals surface area contributed by atoms with Gasteiger partial charge in [-0.15, -0.1) is 0 Å². The van der Waals surface area contributed by atoms with Crippen LogP contribution in [0.2, 0.25) is 0 Å². The monoisotopic (exact) mass is 278 g/mol. The van der Waals surface area contributed by atoms with E-state index in [9.17, 15) is 0 Å². The average molecular weight is 278 g/mol. The Morgan fingerprint density at radius 3 is 2.35 bits per heavy atom. The highest BCUT2D eigenvalue weighted by Gasteiger charge is 2.13. The molecule has 0 aliphatic carbocycles. The first-order valence-corrected chi connectivity index (χ1v) is 6.77. The minimum absolute atomic E-state index is 0.0346. The lowest BCUT2D eigenvalue weighted by molar-refractivity contribution is 0.185. The summed E-state index contributed by atoms with van der Waals surface area (Å²) >= 11 is 0. The molecule has 5 heteroatoms. The molecule has 0 heterocycles. The molecule has 0 aliphatic heterocycles. The van der Waals surface area contributed by atoms with Crippen LogP contribution in [0.3, 0.4) is 0 Å². The van der Waals surface area contributed by atoms with E-state index in [4.69, 9.17) is 10.6 Å². The molecule has 112 valence electrons. The molecule has 1 aromatic rings. The summed E-state index contributed by atoms with van der Waals surface area (Å²) in [6.45, 7) is 9.09. The highest BCUT2D eigenvalue weighted by atomic mass is 16.5. The van der Waals surface area contributed by atoms with E-state index >= 15 is 0 Å². The molecular weight excluding hydrogens is 252 g/mol. The van der Waals surface area contributed by atoms with Gasteiger partial charge < -0.3 is 10.1 Å². The predicted octanol–water partition coefficient (Wildman–Crippen LogP) is 2.25. The second kappa shape index (κ2) is 7.26. The number of nitrogens with zero attached hydrogens (tertiary/aromatic N) is 1. The van der Waals surface area contributed by atoms with Gasteiger partial charge in [0.1, 0.15) is 0 Å².